The van der Waals surface area contributed by atoms with E-state index in [-0.39, 0.29) is 10.8 Å². The first-order chi connectivity index (χ1) is 8.54. The lowest BCUT2D eigenvalue weighted by atomic mass is 9.77. The molecule has 0 aliphatic rings. The molecule has 0 fully saturated rings. The molecule has 1 rings (SSSR count). The third-order valence-electron chi connectivity index (χ3n) is 3.51. The predicted octanol–water partition coefficient (Wildman–Crippen LogP) is 3.84. The van der Waals surface area contributed by atoms with Gasteiger partial charge in [-0.2, -0.15) is 0 Å². The van der Waals surface area contributed by atoms with Crippen molar-refractivity contribution in [3.8, 4) is 0 Å². The molecule has 106 valence electrons. The number of benzene rings is 1. The second-order valence-corrected chi connectivity index (χ2v) is 6.82. The van der Waals surface area contributed by atoms with Crippen LogP contribution < -0.4 is 5.32 Å². The Balaban J connectivity index is 3.14. The number of aryl methyl sites for hydroxylation is 1. The molecule has 3 heteroatoms. The lowest BCUT2D eigenvalue weighted by molar-refractivity contribution is 0.192. The SMILES string of the molecule is Cc1ccc(C(C)(C)C)cc1C(C)(C)CNC(=O)O. The maximum atomic E-state index is 10.7. The molecule has 0 saturated heterocycles. The summed E-state index contributed by atoms with van der Waals surface area (Å²) in [5, 5.41) is 11.3. The molecule has 0 aliphatic heterocycles. The van der Waals surface area contributed by atoms with E-state index in [0.717, 1.165) is 0 Å². The van der Waals surface area contributed by atoms with Gasteiger partial charge in [-0.3, -0.25) is 0 Å². The molecule has 0 saturated carbocycles. The molecule has 0 spiro atoms. The molecule has 3 nitrogen and oxygen atoms in total. The average Bonchev–Trinajstić information content (AvgIpc) is 2.25. The van der Waals surface area contributed by atoms with E-state index >= 15 is 0 Å². The maximum absolute atomic E-state index is 10.7. The van der Waals surface area contributed by atoms with Crippen LogP contribution in [0.3, 0.4) is 0 Å². The first-order valence-electron chi connectivity index (χ1n) is 6.62. The quantitative estimate of drug-likeness (QED) is 0.870. The van der Waals surface area contributed by atoms with Gasteiger partial charge >= 0.3 is 6.09 Å². The maximum Gasteiger partial charge on any atom is 0.404 e. The number of carboxylic acid groups (broad SMARTS) is 1. The van der Waals surface area contributed by atoms with Gasteiger partial charge in [-0.15, -0.1) is 0 Å². The van der Waals surface area contributed by atoms with Gasteiger partial charge in [-0.05, 0) is 29.0 Å². The minimum atomic E-state index is -0.974. The van der Waals surface area contributed by atoms with Gasteiger partial charge in [0.1, 0.15) is 0 Å². The molecular weight excluding hydrogens is 238 g/mol. The van der Waals surface area contributed by atoms with Crippen LogP contribution in [-0.2, 0) is 10.8 Å². The van der Waals surface area contributed by atoms with Crippen molar-refractivity contribution in [1.29, 1.82) is 0 Å². The Kier molecular flexibility index (Phi) is 4.28. The van der Waals surface area contributed by atoms with Crippen molar-refractivity contribution in [3.05, 3.63) is 34.9 Å². The number of amides is 1. The van der Waals surface area contributed by atoms with Gasteiger partial charge in [0.15, 0.2) is 0 Å². The van der Waals surface area contributed by atoms with Crippen molar-refractivity contribution in [2.24, 2.45) is 0 Å². The molecule has 1 aromatic rings. The lowest BCUT2D eigenvalue weighted by Gasteiger charge is -2.29. The van der Waals surface area contributed by atoms with E-state index in [0.29, 0.717) is 6.54 Å². The van der Waals surface area contributed by atoms with Crippen LogP contribution in [-0.4, -0.2) is 17.7 Å². The minimum absolute atomic E-state index is 0.0960. The zero-order chi connectivity index (χ0) is 14.8. The number of hydrogen-bond acceptors (Lipinski definition) is 1. The fourth-order valence-electron chi connectivity index (χ4n) is 2.21. The molecule has 2 N–H and O–H groups in total. The highest BCUT2D eigenvalue weighted by Gasteiger charge is 2.25. The summed E-state index contributed by atoms with van der Waals surface area (Å²) < 4.78 is 0. The molecule has 19 heavy (non-hydrogen) atoms. The predicted molar refractivity (Wildman–Crippen MR) is 78.9 cm³/mol. The lowest BCUT2D eigenvalue weighted by Crippen LogP contribution is -2.36. The number of rotatable bonds is 3. The van der Waals surface area contributed by atoms with E-state index in [1.54, 1.807) is 0 Å². The van der Waals surface area contributed by atoms with Crippen LogP contribution >= 0.6 is 0 Å². The first kappa shape index (κ1) is 15.5. The van der Waals surface area contributed by atoms with Gasteiger partial charge in [0.05, 0.1) is 0 Å². The van der Waals surface area contributed by atoms with E-state index < -0.39 is 6.09 Å². The Morgan fingerprint density at radius 3 is 2.26 bits per heavy atom. The van der Waals surface area contributed by atoms with E-state index in [1.807, 2.05) is 0 Å². The summed E-state index contributed by atoms with van der Waals surface area (Å²) in [5.41, 5.74) is 3.55. The summed E-state index contributed by atoms with van der Waals surface area (Å²) in [5.74, 6) is 0. The average molecular weight is 263 g/mol. The molecule has 1 amide bonds. The molecule has 1 aromatic carbocycles. The van der Waals surface area contributed by atoms with Gasteiger partial charge in [-0.25, -0.2) is 4.79 Å². The summed E-state index contributed by atoms with van der Waals surface area (Å²) in [6.45, 7) is 13.2. The smallest absolute Gasteiger partial charge is 0.404 e. The second kappa shape index (κ2) is 5.24. The fourth-order valence-corrected chi connectivity index (χ4v) is 2.21. The summed E-state index contributed by atoms with van der Waals surface area (Å²) in [6.07, 6.45) is -0.974. The van der Waals surface area contributed by atoms with Crippen molar-refractivity contribution in [1.82, 2.24) is 5.32 Å². The fraction of sp³-hybridized carbons (Fsp3) is 0.562. The molecule has 0 aromatic heterocycles. The zero-order valence-corrected chi connectivity index (χ0v) is 12.8. The van der Waals surface area contributed by atoms with Crippen LogP contribution in [0.1, 0.15) is 51.3 Å². The monoisotopic (exact) mass is 263 g/mol. The van der Waals surface area contributed by atoms with Crippen LogP contribution in [0, 0.1) is 6.92 Å². The van der Waals surface area contributed by atoms with Crippen molar-refractivity contribution >= 4 is 6.09 Å². The molecule has 0 atom stereocenters. The summed E-state index contributed by atoms with van der Waals surface area (Å²) in [7, 11) is 0. The van der Waals surface area contributed by atoms with Crippen LogP contribution in [0.25, 0.3) is 0 Å². The Hall–Kier alpha value is -1.51. The van der Waals surface area contributed by atoms with Crippen molar-refractivity contribution in [3.63, 3.8) is 0 Å². The Morgan fingerprint density at radius 1 is 1.21 bits per heavy atom. The molecule has 0 unspecified atom stereocenters. The summed E-state index contributed by atoms with van der Waals surface area (Å²) in [4.78, 5) is 10.7. The molecule has 0 radical (unpaired) electrons. The van der Waals surface area contributed by atoms with Crippen LogP contribution in [0.2, 0.25) is 0 Å². The van der Waals surface area contributed by atoms with Gasteiger partial charge in [0, 0.05) is 12.0 Å². The number of nitrogens with one attached hydrogen (secondary N) is 1. The molecule has 0 aliphatic carbocycles. The molecular formula is C16H25NO2. The van der Waals surface area contributed by atoms with Crippen LogP contribution in [0.15, 0.2) is 18.2 Å². The van der Waals surface area contributed by atoms with Crippen LogP contribution in [0.5, 0.6) is 0 Å². The molecule has 0 heterocycles. The third-order valence-corrected chi connectivity index (χ3v) is 3.51. The summed E-state index contributed by atoms with van der Waals surface area (Å²) in [6, 6.07) is 6.48. The summed E-state index contributed by atoms with van der Waals surface area (Å²) >= 11 is 0. The normalized spacial score (nSPS) is 12.3. The minimum Gasteiger partial charge on any atom is -0.465 e. The standard InChI is InChI=1S/C16H25NO2/c1-11-7-8-12(15(2,3)4)9-13(11)16(5,6)10-17-14(18)19/h7-9,17H,10H2,1-6H3,(H,18,19). The Labute approximate surface area is 116 Å². The van der Waals surface area contributed by atoms with Gasteiger partial charge in [-0.1, -0.05) is 52.8 Å². The van der Waals surface area contributed by atoms with E-state index in [4.69, 9.17) is 5.11 Å². The zero-order valence-electron chi connectivity index (χ0n) is 12.8. The van der Waals surface area contributed by atoms with Crippen molar-refractivity contribution < 1.29 is 9.90 Å². The van der Waals surface area contributed by atoms with Gasteiger partial charge in [0.2, 0.25) is 0 Å². The number of carbonyl (C=O) groups is 1. The topological polar surface area (TPSA) is 49.3 Å². The van der Waals surface area contributed by atoms with Gasteiger partial charge in [0.25, 0.3) is 0 Å². The van der Waals surface area contributed by atoms with Crippen LogP contribution in [0.4, 0.5) is 4.79 Å². The largest absolute Gasteiger partial charge is 0.465 e. The highest BCUT2D eigenvalue weighted by Crippen LogP contribution is 2.31. The van der Waals surface area contributed by atoms with E-state index in [9.17, 15) is 4.79 Å². The van der Waals surface area contributed by atoms with E-state index in [2.05, 4.69) is 65.1 Å². The highest BCUT2D eigenvalue weighted by atomic mass is 16.4. The second-order valence-electron chi connectivity index (χ2n) is 6.82. The van der Waals surface area contributed by atoms with E-state index in [1.165, 1.54) is 16.7 Å². The third kappa shape index (κ3) is 3.98. The Morgan fingerprint density at radius 2 is 1.79 bits per heavy atom. The number of hydrogen-bond donors (Lipinski definition) is 2. The van der Waals surface area contributed by atoms with Crippen molar-refractivity contribution in [2.75, 3.05) is 6.54 Å². The Bertz CT molecular complexity index is 470. The first-order valence-corrected chi connectivity index (χ1v) is 6.62. The molecule has 0 bridgehead atoms. The van der Waals surface area contributed by atoms with Crippen molar-refractivity contribution in [2.45, 2.75) is 52.4 Å². The van der Waals surface area contributed by atoms with Gasteiger partial charge < -0.3 is 10.4 Å². The highest BCUT2D eigenvalue weighted by molar-refractivity contribution is 5.64.